The molecular weight excluding hydrogens is 326 g/mol. The Labute approximate surface area is 148 Å². The normalized spacial score (nSPS) is 20.7. The molecule has 24 heavy (non-hydrogen) atoms. The molecule has 8 heteroatoms. The molecule has 0 radical (unpaired) electrons. The van der Waals surface area contributed by atoms with Gasteiger partial charge in [-0.2, -0.15) is 5.10 Å². The minimum atomic E-state index is 0.153. The molecule has 0 atom stereocenters. The monoisotopic (exact) mass is 353 g/mol. The Bertz CT molecular complexity index is 612. The lowest BCUT2D eigenvalue weighted by molar-refractivity contribution is -0.141. The van der Waals surface area contributed by atoms with Gasteiger partial charge in [0.05, 0.1) is 19.9 Å². The van der Waals surface area contributed by atoms with Crippen molar-refractivity contribution < 1.29 is 9.53 Å². The second-order valence-corrected chi connectivity index (χ2v) is 7.25. The number of piperidine rings is 1. The molecule has 3 heterocycles. The summed E-state index contributed by atoms with van der Waals surface area (Å²) in [5.74, 6) is 0.458. The maximum absolute atomic E-state index is 12.6. The van der Waals surface area contributed by atoms with Gasteiger partial charge in [0.1, 0.15) is 6.33 Å². The molecule has 0 aliphatic carbocycles. The summed E-state index contributed by atoms with van der Waals surface area (Å²) in [6, 6.07) is 0.322. The Hall–Kier alpha value is -1.25. The minimum absolute atomic E-state index is 0.153. The topological polar surface area (TPSA) is 55.5 Å². The van der Waals surface area contributed by atoms with Crippen LogP contribution in [0.15, 0.2) is 6.33 Å². The molecule has 1 aromatic heterocycles. The molecule has 2 saturated heterocycles. The molecule has 1 aromatic rings. The van der Waals surface area contributed by atoms with Crippen molar-refractivity contribution in [1.29, 1.82) is 0 Å². The van der Waals surface area contributed by atoms with Crippen molar-refractivity contribution >= 4 is 18.1 Å². The first-order chi connectivity index (χ1) is 11.6. The van der Waals surface area contributed by atoms with Gasteiger partial charge in [-0.25, -0.2) is 4.68 Å². The van der Waals surface area contributed by atoms with Crippen molar-refractivity contribution in [1.82, 2.24) is 24.1 Å². The highest BCUT2D eigenvalue weighted by Gasteiger charge is 2.29. The fraction of sp³-hybridized carbons (Fsp3) is 0.812. The van der Waals surface area contributed by atoms with E-state index in [0.717, 1.165) is 43.8 Å². The molecule has 134 valence electrons. The second-order valence-electron chi connectivity index (χ2n) is 6.89. The number of morpholine rings is 1. The predicted molar refractivity (Wildman–Crippen MR) is 93.1 cm³/mol. The number of amides is 1. The van der Waals surface area contributed by atoms with Crippen molar-refractivity contribution in [3.8, 4) is 0 Å². The number of ether oxygens (including phenoxy) is 1. The van der Waals surface area contributed by atoms with Crippen LogP contribution in [-0.2, 0) is 16.2 Å². The van der Waals surface area contributed by atoms with Gasteiger partial charge in [0.15, 0.2) is 4.77 Å². The molecule has 2 fully saturated rings. The first-order valence-corrected chi connectivity index (χ1v) is 9.20. The summed E-state index contributed by atoms with van der Waals surface area (Å²) in [7, 11) is 0. The fourth-order valence-electron chi connectivity index (χ4n) is 3.35. The fourth-order valence-corrected chi connectivity index (χ4v) is 3.72. The molecule has 2 aliphatic heterocycles. The van der Waals surface area contributed by atoms with Crippen LogP contribution in [0.3, 0.4) is 0 Å². The van der Waals surface area contributed by atoms with E-state index in [2.05, 4.69) is 23.8 Å². The minimum Gasteiger partial charge on any atom is -0.378 e. The summed E-state index contributed by atoms with van der Waals surface area (Å²) in [5.41, 5.74) is 0. The van der Waals surface area contributed by atoms with Gasteiger partial charge < -0.3 is 14.2 Å². The van der Waals surface area contributed by atoms with E-state index in [1.54, 1.807) is 0 Å². The first-order valence-electron chi connectivity index (χ1n) is 8.79. The van der Waals surface area contributed by atoms with E-state index in [4.69, 9.17) is 17.0 Å². The molecule has 0 aromatic carbocycles. The number of nitrogens with zero attached hydrogens (tertiary/aromatic N) is 5. The molecule has 0 saturated carbocycles. The molecular formula is C16H27N5O2S. The van der Waals surface area contributed by atoms with Crippen molar-refractivity contribution in [2.75, 3.05) is 39.4 Å². The van der Waals surface area contributed by atoms with E-state index < -0.39 is 0 Å². The van der Waals surface area contributed by atoms with Crippen LogP contribution in [-0.4, -0.2) is 69.4 Å². The van der Waals surface area contributed by atoms with Crippen LogP contribution in [0.5, 0.6) is 0 Å². The zero-order chi connectivity index (χ0) is 17.1. The lowest BCUT2D eigenvalue weighted by Gasteiger charge is -2.35. The third kappa shape index (κ3) is 3.87. The quantitative estimate of drug-likeness (QED) is 0.768. The van der Waals surface area contributed by atoms with Gasteiger partial charge in [-0.3, -0.25) is 9.69 Å². The van der Waals surface area contributed by atoms with Gasteiger partial charge in [0.2, 0.25) is 5.91 Å². The largest absolute Gasteiger partial charge is 0.378 e. The Morgan fingerprint density at radius 1 is 1.29 bits per heavy atom. The SMILES string of the molecule is CC(C)n1cnn(CN2CCC(C(=O)N3CCOCC3)CC2)c1=S. The van der Waals surface area contributed by atoms with Gasteiger partial charge >= 0.3 is 0 Å². The number of carbonyl (C=O) groups excluding carboxylic acids is 1. The maximum atomic E-state index is 12.6. The summed E-state index contributed by atoms with van der Waals surface area (Å²) in [5, 5.41) is 4.40. The predicted octanol–water partition coefficient (Wildman–Crippen LogP) is 1.52. The average molecular weight is 353 g/mol. The van der Waals surface area contributed by atoms with Gasteiger partial charge in [-0.1, -0.05) is 0 Å². The molecule has 0 N–H and O–H groups in total. The third-order valence-electron chi connectivity index (χ3n) is 4.91. The molecule has 3 rings (SSSR count). The Balaban J connectivity index is 1.52. The number of likely N-dealkylation sites (tertiary alicyclic amines) is 1. The zero-order valence-corrected chi connectivity index (χ0v) is 15.4. The lowest BCUT2D eigenvalue weighted by atomic mass is 9.95. The maximum Gasteiger partial charge on any atom is 0.225 e. The van der Waals surface area contributed by atoms with Crippen LogP contribution in [0.2, 0.25) is 0 Å². The van der Waals surface area contributed by atoms with Crippen LogP contribution in [0.1, 0.15) is 32.7 Å². The Kier molecular flexibility index (Phi) is 5.68. The van der Waals surface area contributed by atoms with E-state index in [1.807, 2.05) is 20.5 Å². The molecule has 0 spiro atoms. The van der Waals surface area contributed by atoms with Crippen LogP contribution in [0.25, 0.3) is 0 Å². The van der Waals surface area contributed by atoms with E-state index in [1.165, 1.54) is 0 Å². The summed E-state index contributed by atoms with van der Waals surface area (Å²) < 4.78 is 9.97. The number of hydrogen-bond donors (Lipinski definition) is 0. The van der Waals surface area contributed by atoms with Gasteiger partial charge in [-0.05, 0) is 38.9 Å². The summed E-state index contributed by atoms with van der Waals surface area (Å²) in [4.78, 5) is 16.9. The van der Waals surface area contributed by atoms with Gasteiger partial charge in [-0.15, -0.1) is 0 Å². The van der Waals surface area contributed by atoms with Crippen molar-refractivity contribution in [2.45, 2.75) is 39.4 Å². The van der Waals surface area contributed by atoms with Gasteiger partial charge in [0.25, 0.3) is 0 Å². The van der Waals surface area contributed by atoms with Crippen molar-refractivity contribution in [3.05, 3.63) is 11.1 Å². The third-order valence-corrected chi connectivity index (χ3v) is 5.33. The molecule has 0 unspecified atom stereocenters. The van der Waals surface area contributed by atoms with E-state index in [-0.39, 0.29) is 5.92 Å². The second kappa shape index (κ2) is 7.76. The summed E-state index contributed by atoms with van der Waals surface area (Å²) in [6.45, 7) is 9.55. The number of rotatable bonds is 4. The Morgan fingerprint density at radius 2 is 1.96 bits per heavy atom. The molecule has 7 nitrogen and oxygen atoms in total. The molecule has 1 amide bonds. The summed E-state index contributed by atoms with van der Waals surface area (Å²) in [6.07, 6.45) is 3.63. The van der Waals surface area contributed by atoms with E-state index in [9.17, 15) is 4.79 Å². The summed E-state index contributed by atoms with van der Waals surface area (Å²) >= 11 is 5.48. The highest BCUT2D eigenvalue weighted by molar-refractivity contribution is 7.71. The highest BCUT2D eigenvalue weighted by Crippen LogP contribution is 2.21. The molecule has 0 bridgehead atoms. The Morgan fingerprint density at radius 3 is 2.54 bits per heavy atom. The number of aromatic nitrogens is 3. The molecule has 2 aliphatic rings. The van der Waals surface area contributed by atoms with Crippen LogP contribution in [0, 0.1) is 10.7 Å². The first kappa shape index (κ1) is 17.6. The van der Waals surface area contributed by atoms with Crippen LogP contribution < -0.4 is 0 Å². The average Bonchev–Trinajstić information content (AvgIpc) is 2.96. The standard InChI is InChI=1S/C16H27N5O2S/c1-13(2)20-11-17-21(16(20)24)12-18-5-3-14(4-6-18)15(22)19-7-9-23-10-8-19/h11,13-14H,3-10,12H2,1-2H3. The number of hydrogen-bond acceptors (Lipinski definition) is 5. The number of carbonyl (C=O) groups is 1. The highest BCUT2D eigenvalue weighted by atomic mass is 32.1. The smallest absolute Gasteiger partial charge is 0.225 e. The zero-order valence-electron chi connectivity index (χ0n) is 14.6. The van der Waals surface area contributed by atoms with Gasteiger partial charge in [0, 0.05) is 38.1 Å². The lowest BCUT2D eigenvalue weighted by Crippen LogP contribution is -2.47. The van der Waals surface area contributed by atoms with Crippen molar-refractivity contribution in [2.24, 2.45) is 5.92 Å². The van der Waals surface area contributed by atoms with E-state index in [0.29, 0.717) is 31.8 Å². The van der Waals surface area contributed by atoms with E-state index >= 15 is 0 Å². The van der Waals surface area contributed by atoms with Crippen LogP contribution in [0.4, 0.5) is 0 Å². The van der Waals surface area contributed by atoms with Crippen molar-refractivity contribution in [3.63, 3.8) is 0 Å². The van der Waals surface area contributed by atoms with Crippen LogP contribution >= 0.6 is 12.2 Å².